The maximum atomic E-state index is 11.3. The van der Waals surface area contributed by atoms with E-state index in [0.717, 1.165) is 18.4 Å². The molecule has 1 heterocycles. The van der Waals surface area contributed by atoms with Crippen molar-refractivity contribution in [3.8, 4) is 0 Å². The molecule has 2 atom stereocenters. The highest BCUT2D eigenvalue weighted by Gasteiger charge is 2.32. The van der Waals surface area contributed by atoms with Gasteiger partial charge in [-0.25, -0.2) is 8.42 Å². The maximum absolute atomic E-state index is 11.3. The molecule has 14 heavy (non-hydrogen) atoms. The lowest BCUT2D eigenvalue weighted by molar-refractivity contribution is 0.402. The Morgan fingerprint density at radius 1 is 1.64 bits per heavy atom. The topological polar surface area (TPSA) is 46.2 Å². The van der Waals surface area contributed by atoms with Gasteiger partial charge in [-0.3, -0.25) is 0 Å². The second-order valence-corrected chi connectivity index (χ2v) is 6.45. The van der Waals surface area contributed by atoms with Gasteiger partial charge in [-0.15, -0.1) is 6.58 Å². The summed E-state index contributed by atoms with van der Waals surface area (Å²) >= 11 is 0. The van der Waals surface area contributed by atoms with Crippen LogP contribution < -0.4 is 5.32 Å². The lowest BCUT2D eigenvalue weighted by atomic mass is 9.94. The number of hydrogen-bond acceptors (Lipinski definition) is 3. The summed E-state index contributed by atoms with van der Waals surface area (Å²) in [5.74, 6) is 0.958. The third kappa shape index (κ3) is 3.10. The number of hydrogen-bond donors (Lipinski definition) is 1. The van der Waals surface area contributed by atoms with E-state index in [0.29, 0.717) is 11.5 Å². The average Bonchev–Trinajstić information content (AvgIpc) is 2.41. The second kappa shape index (κ2) is 4.45. The first-order valence-corrected chi connectivity index (χ1v) is 6.79. The molecule has 1 aliphatic rings. The van der Waals surface area contributed by atoms with Gasteiger partial charge in [0.15, 0.2) is 9.84 Å². The molecular weight excluding hydrogens is 198 g/mol. The molecule has 0 spiro atoms. The smallest absolute Gasteiger partial charge is 0.150 e. The molecule has 1 fully saturated rings. The number of nitrogens with one attached hydrogen (secondary N) is 1. The van der Waals surface area contributed by atoms with Gasteiger partial charge < -0.3 is 5.32 Å². The summed E-state index contributed by atoms with van der Waals surface area (Å²) in [6.45, 7) is 5.84. The molecule has 0 bridgehead atoms. The zero-order chi connectivity index (χ0) is 10.8. The Hall–Kier alpha value is -0.350. The third-order valence-electron chi connectivity index (χ3n) is 2.78. The van der Waals surface area contributed by atoms with Gasteiger partial charge in [0.25, 0.3) is 0 Å². The van der Waals surface area contributed by atoms with Gasteiger partial charge in [-0.1, -0.05) is 5.57 Å². The molecule has 0 aliphatic carbocycles. The zero-order valence-electron chi connectivity index (χ0n) is 8.91. The summed E-state index contributed by atoms with van der Waals surface area (Å²) in [6, 6.07) is 0.268. The minimum Gasteiger partial charge on any atom is -0.316 e. The van der Waals surface area contributed by atoms with Crippen LogP contribution in [0, 0.1) is 5.92 Å². The van der Waals surface area contributed by atoms with Crippen LogP contribution in [0.3, 0.4) is 0 Å². The van der Waals surface area contributed by atoms with Crippen molar-refractivity contribution >= 4 is 9.84 Å². The van der Waals surface area contributed by atoms with Crippen LogP contribution in [-0.2, 0) is 9.84 Å². The molecule has 1 aliphatic heterocycles. The number of sulfone groups is 1. The van der Waals surface area contributed by atoms with Crippen molar-refractivity contribution in [2.75, 3.05) is 18.6 Å². The molecule has 0 aromatic carbocycles. The highest BCUT2D eigenvalue weighted by Crippen LogP contribution is 2.24. The van der Waals surface area contributed by atoms with E-state index in [2.05, 4.69) is 11.9 Å². The monoisotopic (exact) mass is 217 g/mol. The highest BCUT2D eigenvalue weighted by atomic mass is 32.2. The van der Waals surface area contributed by atoms with E-state index in [4.69, 9.17) is 0 Å². The first-order valence-electron chi connectivity index (χ1n) is 4.96. The van der Waals surface area contributed by atoms with E-state index in [1.54, 1.807) is 0 Å². The molecule has 82 valence electrons. The predicted molar refractivity (Wildman–Crippen MR) is 59.0 cm³/mol. The van der Waals surface area contributed by atoms with Crippen LogP contribution in [0.2, 0.25) is 0 Å². The Kier molecular flexibility index (Phi) is 3.72. The zero-order valence-corrected chi connectivity index (χ0v) is 9.73. The lowest BCUT2D eigenvalue weighted by Gasteiger charge is -2.21. The molecule has 3 nitrogen and oxygen atoms in total. The van der Waals surface area contributed by atoms with Crippen LogP contribution in [0.4, 0.5) is 0 Å². The summed E-state index contributed by atoms with van der Waals surface area (Å²) in [5.41, 5.74) is 1.11. The van der Waals surface area contributed by atoms with Crippen molar-refractivity contribution in [2.45, 2.75) is 25.8 Å². The van der Waals surface area contributed by atoms with Crippen LogP contribution in [0.25, 0.3) is 0 Å². The van der Waals surface area contributed by atoms with Crippen molar-refractivity contribution in [1.29, 1.82) is 0 Å². The van der Waals surface area contributed by atoms with Crippen LogP contribution in [0.15, 0.2) is 12.2 Å². The first kappa shape index (κ1) is 11.7. The minimum atomic E-state index is -2.76. The highest BCUT2D eigenvalue weighted by molar-refractivity contribution is 7.91. The molecule has 0 saturated carbocycles. The van der Waals surface area contributed by atoms with Crippen molar-refractivity contribution < 1.29 is 8.42 Å². The average molecular weight is 217 g/mol. The van der Waals surface area contributed by atoms with Crippen molar-refractivity contribution in [2.24, 2.45) is 5.92 Å². The fourth-order valence-electron chi connectivity index (χ4n) is 2.02. The summed E-state index contributed by atoms with van der Waals surface area (Å²) in [5, 5.41) is 3.19. The molecule has 0 aromatic rings. The summed E-state index contributed by atoms with van der Waals surface area (Å²) in [4.78, 5) is 0. The van der Waals surface area contributed by atoms with Gasteiger partial charge >= 0.3 is 0 Å². The maximum Gasteiger partial charge on any atom is 0.150 e. The molecule has 4 heteroatoms. The standard InChI is InChI=1S/C10H19NO2S/c1-8(2)6-10(11-3)9-4-5-14(12,13)7-9/h9-11H,1,4-7H2,2-3H3. The van der Waals surface area contributed by atoms with Gasteiger partial charge in [0, 0.05) is 6.04 Å². The van der Waals surface area contributed by atoms with Crippen molar-refractivity contribution in [1.82, 2.24) is 5.32 Å². The molecule has 2 unspecified atom stereocenters. The Morgan fingerprint density at radius 2 is 2.29 bits per heavy atom. The largest absolute Gasteiger partial charge is 0.316 e. The first-order chi connectivity index (χ1) is 6.44. The quantitative estimate of drug-likeness (QED) is 0.714. The molecular formula is C10H19NO2S. The molecule has 0 radical (unpaired) electrons. The van der Waals surface area contributed by atoms with Crippen molar-refractivity contribution in [3.63, 3.8) is 0 Å². The summed E-state index contributed by atoms with van der Waals surface area (Å²) < 4.78 is 22.6. The lowest BCUT2D eigenvalue weighted by Crippen LogP contribution is -2.34. The van der Waals surface area contributed by atoms with E-state index >= 15 is 0 Å². The fourth-order valence-corrected chi connectivity index (χ4v) is 3.90. The van der Waals surface area contributed by atoms with Crippen LogP contribution in [0.5, 0.6) is 0 Å². The van der Waals surface area contributed by atoms with E-state index in [1.165, 1.54) is 0 Å². The molecule has 1 N–H and O–H groups in total. The van der Waals surface area contributed by atoms with Crippen LogP contribution in [-0.4, -0.2) is 33.0 Å². The van der Waals surface area contributed by atoms with E-state index < -0.39 is 9.84 Å². The molecule has 1 saturated heterocycles. The Balaban J connectivity index is 2.59. The molecule has 0 aromatic heterocycles. The Morgan fingerprint density at radius 3 is 2.64 bits per heavy atom. The molecule has 0 amide bonds. The fraction of sp³-hybridized carbons (Fsp3) is 0.800. The van der Waals surface area contributed by atoms with Gasteiger partial charge in [-0.05, 0) is 32.7 Å². The molecule has 1 rings (SSSR count). The SMILES string of the molecule is C=C(C)CC(NC)C1CCS(=O)(=O)C1. The Labute approximate surface area is 86.5 Å². The third-order valence-corrected chi connectivity index (χ3v) is 4.57. The van der Waals surface area contributed by atoms with Crippen molar-refractivity contribution in [3.05, 3.63) is 12.2 Å². The predicted octanol–water partition coefficient (Wildman–Crippen LogP) is 0.975. The van der Waals surface area contributed by atoms with Gasteiger partial charge in [0.1, 0.15) is 0 Å². The normalized spacial score (nSPS) is 27.4. The van der Waals surface area contributed by atoms with Crippen LogP contribution in [0.1, 0.15) is 19.8 Å². The van der Waals surface area contributed by atoms with E-state index in [9.17, 15) is 8.42 Å². The second-order valence-electron chi connectivity index (χ2n) is 4.22. The summed E-state index contributed by atoms with van der Waals surface area (Å²) in [7, 11) is -0.869. The summed E-state index contributed by atoms with van der Waals surface area (Å²) in [6.07, 6.45) is 1.66. The van der Waals surface area contributed by atoms with Gasteiger partial charge in [0.2, 0.25) is 0 Å². The van der Waals surface area contributed by atoms with E-state index in [1.807, 2.05) is 14.0 Å². The van der Waals surface area contributed by atoms with E-state index in [-0.39, 0.29) is 12.0 Å². The van der Waals surface area contributed by atoms with Crippen LogP contribution >= 0.6 is 0 Å². The minimum absolute atomic E-state index is 0.265. The Bertz CT molecular complexity index is 308. The van der Waals surface area contributed by atoms with Gasteiger partial charge in [-0.2, -0.15) is 0 Å². The number of rotatable bonds is 4. The van der Waals surface area contributed by atoms with Gasteiger partial charge in [0.05, 0.1) is 11.5 Å².